The normalized spacial score (nSPS) is 10.7. The molecule has 1 amide bonds. The monoisotopic (exact) mass is 273 g/mol. The third-order valence-electron chi connectivity index (χ3n) is 2.61. The minimum atomic E-state index is -0.461. The average Bonchev–Trinajstić information content (AvgIpc) is 2.60. The number of carbonyl (C=O) groups excluding carboxylic acids is 2. The van der Waals surface area contributed by atoms with Gasteiger partial charge in [-0.15, -0.1) is 12.4 Å². The topological polar surface area (TPSA) is 77.1 Å². The summed E-state index contributed by atoms with van der Waals surface area (Å²) in [6.07, 6.45) is 1.65. The first kappa shape index (κ1) is 16.7. The van der Waals surface area contributed by atoms with E-state index in [1.807, 2.05) is 13.8 Å². The van der Waals surface area contributed by atoms with Gasteiger partial charge in [0.2, 0.25) is 0 Å². The summed E-state index contributed by atoms with van der Waals surface area (Å²) < 4.78 is 1.64. The van der Waals surface area contributed by atoms with E-state index in [1.165, 1.54) is 6.92 Å². The van der Waals surface area contributed by atoms with Crippen LogP contribution >= 0.6 is 12.4 Å². The number of carbonyl (C=O) groups is 2. The van der Waals surface area contributed by atoms with E-state index in [1.54, 1.807) is 23.9 Å². The minimum absolute atomic E-state index is 0. The van der Waals surface area contributed by atoms with Crippen LogP contribution in [0.25, 0.3) is 0 Å². The number of hydrogen-bond acceptors (Lipinski definition) is 3. The summed E-state index contributed by atoms with van der Waals surface area (Å²) in [4.78, 5) is 23.2. The fourth-order valence-electron chi connectivity index (χ4n) is 1.41. The number of aryl methyl sites for hydroxylation is 1. The molecule has 0 aliphatic rings. The second kappa shape index (κ2) is 6.02. The minimum Gasteiger partial charge on any atom is -0.346 e. The number of nitrogens with one attached hydrogen (secondary N) is 1. The zero-order chi connectivity index (χ0) is 13.2. The van der Waals surface area contributed by atoms with Crippen LogP contribution in [0.15, 0.2) is 12.3 Å². The van der Waals surface area contributed by atoms with Gasteiger partial charge in [-0.3, -0.25) is 9.59 Å². The quantitative estimate of drug-likeness (QED) is 0.807. The predicted octanol–water partition coefficient (Wildman–Crippen LogP) is 1.12. The maximum absolute atomic E-state index is 12.0. The Morgan fingerprint density at radius 2 is 2.00 bits per heavy atom. The Bertz CT molecular complexity index is 452. The van der Waals surface area contributed by atoms with Crippen molar-refractivity contribution >= 4 is 24.1 Å². The molecule has 0 unspecified atom stereocenters. The van der Waals surface area contributed by atoms with Gasteiger partial charge in [0.15, 0.2) is 5.78 Å². The molecule has 3 N–H and O–H groups in total. The number of nitrogens with two attached hydrogens (primary N) is 1. The van der Waals surface area contributed by atoms with E-state index in [2.05, 4.69) is 5.32 Å². The molecule has 1 aromatic heterocycles. The molecule has 1 heterocycles. The number of halogens is 1. The van der Waals surface area contributed by atoms with Crippen LogP contribution in [0.1, 0.15) is 41.6 Å². The van der Waals surface area contributed by atoms with E-state index in [9.17, 15) is 9.59 Å². The van der Waals surface area contributed by atoms with Gasteiger partial charge in [0.1, 0.15) is 5.69 Å². The molecule has 0 spiro atoms. The largest absolute Gasteiger partial charge is 0.346 e. The van der Waals surface area contributed by atoms with E-state index >= 15 is 0 Å². The molecule has 0 aliphatic carbocycles. The van der Waals surface area contributed by atoms with Crippen molar-refractivity contribution in [2.24, 2.45) is 12.8 Å². The number of ketones is 1. The SMILES string of the molecule is CC(=O)c1cc(C(=O)NC(C)(C)CN)n(C)c1.Cl. The summed E-state index contributed by atoms with van der Waals surface area (Å²) in [6.45, 7) is 5.52. The lowest BCUT2D eigenvalue weighted by Gasteiger charge is -2.24. The van der Waals surface area contributed by atoms with Gasteiger partial charge < -0.3 is 15.6 Å². The molecular weight excluding hydrogens is 254 g/mol. The smallest absolute Gasteiger partial charge is 0.268 e. The number of rotatable bonds is 4. The highest BCUT2D eigenvalue weighted by Crippen LogP contribution is 2.10. The molecule has 5 nitrogen and oxygen atoms in total. The summed E-state index contributed by atoms with van der Waals surface area (Å²) in [7, 11) is 1.73. The standard InChI is InChI=1S/C12H19N3O2.ClH/c1-8(16)9-5-10(15(4)6-9)11(17)14-12(2,3)7-13;/h5-6H,7,13H2,1-4H3,(H,14,17);1H. The van der Waals surface area contributed by atoms with Crippen LogP contribution in [0, 0.1) is 0 Å². The molecule has 102 valence electrons. The fourth-order valence-corrected chi connectivity index (χ4v) is 1.41. The van der Waals surface area contributed by atoms with E-state index in [0.29, 0.717) is 17.8 Å². The molecule has 6 heteroatoms. The summed E-state index contributed by atoms with van der Waals surface area (Å²) in [5.74, 6) is -0.284. The summed E-state index contributed by atoms with van der Waals surface area (Å²) in [5.41, 5.74) is 6.07. The van der Waals surface area contributed by atoms with Gasteiger partial charge in [0.25, 0.3) is 5.91 Å². The van der Waals surface area contributed by atoms with Crippen molar-refractivity contribution < 1.29 is 9.59 Å². The average molecular weight is 274 g/mol. The summed E-state index contributed by atoms with van der Waals surface area (Å²) in [6, 6.07) is 1.59. The number of Topliss-reactive ketones (excluding diaryl/α,β-unsaturated/α-hetero) is 1. The third kappa shape index (κ3) is 3.85. The second-order valence-corrected chi connectivity index (χ2v) is 4.82. The Hall–Kier alpha value is -1.33. The Morgan fingerprint density at radius 1 is 1.44 bits per heavy atom. The zero-order valence-corrected chi connectivity index (χ0v) is 11.9. The van der Waals surface area contributed by atoms with Crippen LogP contribution in [0.3, 0.4) is 0 Å². The van der Waals surface area contributed by atoms with Crippen LogP contribution in [0.5, 0.6) is 0 Å². The Balaban J connectivity index is 0.00000289. The molecule has 0 bridgehead atoms. The first-order valence-corrected chi connectivity index (χ1v) is 5.47. The molecular formula is C12H20ClN3O2. The van der Waals surface area contributed by atoms with Crippen LogP contribution in [-0.4, -0.2) is 28.3 Å². The lowest BCUT2D eigenvalue weighted by molar-refractivity contribution is 0.0907. The van der Waals surface area contributed by atoms with Crippen LogP contribution in [0.2, 0.25) is 0 Å². The van der Waals surface area contributed by atoms with E-state index in [4.69, 9.17) is 5.73 Å². The summed E-state index contributed by atoms with van der Waals surface area (Å²) in [5, 5.41) is 2.82. The number of amides is 1. The van der Waals surface area contributed by atoms with Crippen molar-refractivity contribution in [1.82, 2.24) is 9.88 Å². The second-order valence-electron chi connectivity index (χ2n) is 4.82. The molecule has 0 aliphatic heterocycles. The van der Waals surface area contributed by atoms with Gasteiger partial charge in [-0.2, -0.15) is 0 Å². The van der Waals surface area contributed by atoms with Gasteiger partial charge in [-0.25, -0.2) is 0 Å². The molecule has 1 rings (SSSR count). The third-order valence-corrected chi connectivity index (χ3v) is 2.61. The first-order chi connectivity index (χ1) is 7.76. The molecule has 0 saturated heterocycles. The maximum atomic E-state index is 12.0. The molecule has 0 radical (unpaired) electrons. The summed E-state index contributed by atoms with van der Waals surface area (Å²) >= 11 is 0. The zero-order valence-electron chi connectivity index (χ0n) is 11.1. The number of aromatic nitrogens is 1. The fraction of sp³-hybridized carbons (Fsp3) is 0.500. The van der Waals surface area contributed by atoms with Crippen molar-refractivity contribution in [3.05, 3.63) is 23.5 Å². The molecule has 0 atom stereocenters. The van der Waals surface area contributed by atoms with E-state index in [-0.39, 0.29) is 24.1 Å². The van der Waals surface area contributed by atoms with Gasteiger partial charge in [-0.05, 0) is 26.8 Å². The first-order valence-electron chi connectivity index (χ1n) is 5.47. The predicted molar refractivity (Wildman–Crippen MR) is 73.3 cm³/mol. The number of hydrogen-bond donors (Lipinski definition) is 2. The van der Waals surface area contributed by atoms with Crippen LogP contribution in [0.4, 0.5) is 0 Å². The lowest BCUT2D eigenvalue weighted by atomic mass is 10.1. The van der Waals surface area contributed by atoms with Crippen molar-refractivity contribution in [3.8, 4) is 0 Å². The van der Waals surface area contributed by atoms with Crippen LogP contribution < -0.4 is 11.1 Å². The van der Waals surface area contributed by atoms with E-state index in [0.717, 1.165) is 0 Å². The molecule has 18 heavy (non-hydrogen) atoms. The van der Waals surface area contributed by atoms with Gasteiger partial charge >= 0.3 is 0 Å². The van der Waals surface area contributed by atoms with Crippen molar-refractivity contribution in [3.63, 3.8) is 0 Å². The highest BCUT2D eigenvalue weighted by atomic mass is 35.5. The molecule has 0 fully saturated rings. The Morgan fingerprint density at radius 3 is 2.39 bits per heavy atom. The number of nitrogens with zero attached hydrogens (tertiary/aromatic N) is 1. The highest BCUT2D eigenvalue weighted by molar-refractivity contribution is 5.99. The maximum Gasteiger partial charge on any atom is 0.268 e. The van der Waals surface area contributed by atoms with Gasteiger partial charge in [-0.1, -0.05) is 0 Å². The van der Waals surface area contributed by atoms with Crippen LogP contribution in [-0.2, 0) is 7.05 Å². The van der Waals surface area contributed by atoms with Crippen molar-refractivity contribution in [2.75, 3.05) is 6.54 Å². The Kier molecular flexibility index (Phi) is 5.57. The van der Waals surface area contributed by atoms with E-state index < -0.39 is 5.54 Å². The molecule has 0 saturated carbocycles. The van der Waals surface area contributed by atoms with Gasteiger partial charge in [0, 0.05) is 30.9 Å². The van der Waals surface area contributed by atoms with Crippen molar-refractivity contribution in [1.29, 1.82) is 0 Å². The highest BCUT2D eigenvalue weighted by Gasteiger charge is 2.21. The lowest BCUT2D eigenvalue weighted by Crippen LogP contribution is -2.49. The Labute approximate surface area is 113 Å². The van der Waals surface area contributed by atoms with Gasteiger partial charge in [0.05, 0.1) is 0 Å². The molecule has 1 aromatic rings. The molecule has 0 aromatic carbocycles. The van der Waals surface area contributed by atoms with Crippen molar-refractivity contribution in [2.45, 2.75) is 26.3 Å².